The Bertz CT molecular complexity index is 861. The summed E-state index contributed by atoms with van der Waals surface area (Å²) in [5, 5.41) is 8.73. The van der Waals surface area contributed by atoms with Crippen LogP contribution in [0.3, 0.4) is 0 Å². The Hall–Kier alpha value is -2.18. The van der Waals surface area contributed by atoms with Gasteiger partial charge in [-0.2, -0.15) is 0 Å². The lowest BCUT2D eigenvalue weighted by atomic mass is 10.2. The molecule has 0 aliphatic heterocycles. The van der Waals surface area contributed by atoms with Crippen LogP contribution in [-0.2, 0) is 6.42 Å². The zero-order chi connectivity index (χ0) is 17.6. The van der Waals surface area contributed by atoms with Gasteiger partial charge in [-0.1, -0.05) is 42.0 Å². The van der Waals surface area contributed by atoms with Crippen molar-refractivity contribution in [2.24, 2.45) is 0 Å². The van der Waals surface area contributed by atoms with Crippen molar-refractivity contribution in [2.75, 3.05) is 11.9 Å². The molecule has 0 spiro atoms. The van der Waals surface area contributed by atoms with E-state index in [4.69, 9.17) is 0 Å². The Morgan fingerprint density at radius 1 is 1.16 bits per heavy atom. The molecule has 25 heavy (non-hydrogen) atoms. The van der Waals surface area contributed by atoms with Crippen molar-refractivity contribution in [3.05, 3.63) is 69.6 Å². The molecule has 2 amide bonds. The van der Waals surface area contributed by atoms with Crippen molar-refractivity contribution in [3.63, 3.8) is 0 Å². The van der Waals surface area contributed by atoms with Gasteiger partial charge >= 0.3 is 6.03 Å². The van der Waals surface area contributed by atoms with E-state index in [1.165, 1.54) is 5.56 Å². The number of carbonyl (C=O) groups is 1. The first-order chi connectivity index (χ1) is 12.1. The number of amides is 2. The quantitative estimate of drug-likeness (QED) is 0.597. The number of nitrogens with zero attached hydrogens (tertiary/aromatic N) is 1. The monoisotopic (exact) mass is 415 g/mol. The van der Waals surface area contributed by atoms with Crippen molar-refractivity contribution < 1.29 is 4.79 Å². The minimum absolute atomic E-state index is 0.221. The van der Waals surface area contributed by atoms with E-state index in [-0.39, 0.29) is 6.03 Å². The van der Waals surface area contributed by atoms with Crippen LogP contribution in [0.1, 0.15) is 11.3 Å². The predicted octanol–water partition coefficient (Wildman–Crippen LogP) is 5.25. The number of rotatable bonds is 5. The highest BCUT2D eigenvalue weighted by Gasteiger charge is 2.07. The number of aryl methyl sites for hydroxylation is 1. The average molecular weight is 416 g/mol. The molecule has 0 fully saturated rings. The summed E-state index contributed by atoms with van der Waals surface area (Å²) in [6.45, 7) is 2.61. The van der Waals surface area contributed by atoms with Gasteiger partial charge in [-0.3, -0.25) is 0 Å². The van der Waals surface area contributed by atoms with Crippen LogP contribution in [0.5, 0.6) is 0 Å². The van der Waals surface area contributed by atoms with Crippen molar-refractivity contribution in [1.29, 1.82) is 0 Å². The van der Waals surface area contributed by atoms with Crippen molar-refractivity contribution >= 4 is 39.0 Å². The molecule has 0 saturated heterocycles. The molecule has 0 radical (unpaired) electrons. The molecule has 2 N–H and O–H groups in total. The van der Waals surface area contributed by atoms with Crippen LogP contribution in [0.2, 0.25) is 0 Å². The molecule has 1 aromatic heterocycles. The summed E-state index contributed by atoms with van der Waals surface area (Å²) < 4.78 is 0.854. The number of urea groups is 1. The van der Waals surface area contributed by atoms with E-state index >= 15 is 0 Å². The number of thiazole rings is 1. The van der Waals surface area contributed by atoms with Crippen molar-refractivity contribution in [3.8, 4) is 10.6 Å². The largest absolute Gasteiger partial charge is 0.337 e. The SMILES string of the molecule is Cc1ccc(-c2nc(CCNC(=O)Nc3ccccc3Br)cs2)cc1. The van der Waals surface area contributed by atoms with Gasteiger partial charge in [-0.05, 0) is 35.0 Å². The lowest BCUT2D eigenvalue weighted by Crippen LogP contribution is -2.30. The molecule has 2 aromatic carbocycles. The van der Waals surface area contributed by atoms with Crippen LogP contribution < -0.4 is 10.6 Å². The van der Waals surface area contributed by atoms with Gasteiger partial charge in [0, 0.05) is 28.4 Å². The molecule has 6 heteroatoms. The number of aromatic nitrogens is 1. The molecular weight excluding hydrogens is 398 g/mol. The Balaban J connectivity index is 1.50. The van der Waals surface area contributed by atoms with Gasteiger partial charge in [0.1, 0.15) is 5.01 Å². The number of hydrogen-bond donors (Lipinski definition) is 2. The minimum Gasteiger partial charge on any atom is -0.337 e. The molecule has 128 valence electrons. The summed E-state index contributed by atoms with van der Waals surface area (Å²) >= 11 is 5.03. The summed E-state index contributed by atoms with van der Waals surface area (Å²) in [5.41, 5.74) is 4.10. The number of para-hydroxylation sites is 1. The second-order valence-electron chi connectivity index (χ2n) is 5.62. The third-order valence-corrected chi connectivity index (χ3v) is 5.27. The van der Waals surface area contributed by atoms with Crippen LogP contribution in [-0.4, -0.2) is 17.6 Å². The molecule has 0 aliphatic carbocycles. The fourth-order valence-corrected chi connectivity index (χ4v) is 3.53. The summed E-state index contributed by atoms with van der Waals surface area (Å²) in [6.07, 6.45) is 0.700. The highest BCUT2D eigenvalue weighted by Crippen LogP contribution is 2.24. The Morgan fingerprint density at radius 2 is 1.92 bits per heavy atom. The number of anilines is 1. The molecule has 0 unspecified atom stereocenters. The molecule has 0 aliphatic rings. The molecular formula is C19H18BrN3OS. The lowest BCUT2D eigenvalue weighted by Gasteiger charge is -2.08. The summed E-state index contributed by atoms with van der Waals surface area (Å²) in [6, 6.07) is 15.6. The molecule has 1 heterocycles. The highest BCUT2D eigenvalue weighted by molar-refractivity contribution is 9.10. The second kappa shape index (κ2) is 8.27. The third-order valence-electron chi connectivity index (χ3n) is 3.64. The topological polar surface area (TPSA) is 54.0 Å². The van der Waals surface area contributed by atoms with E-state index in [0.717, 1.165) is 26.4 Å². The van der Waals surface area contributed by atoms with E-state index in [2.05, 4.69) is 62.7 Å². The van der Waals surface area contributed by atoms with Gasteiger partial charge < -0.3 is 10.6 Å². The summed E-state index contributed by atoms with van der Waals surface area (Å²) in [5.74, 6) is 0. The Kier molecular flexibility index (Phi) is 5.83. The summed E-state index contributed by atoms with van der Waals surface area (Å²) in [4.78, 5) is 16.6. The minimum atomic E-state index is -0.221. The smallest absolute Gasteiger partial charge is 0.319 e. The normalized spacial score (nSPS) is 10.5. The highest BCUT2D eigenvalue weighted by atomic mass is 79.9. The standard InChI is InChI=1S/C19H18BrN3OS/c1-13-6-8-14(9-7-13)18-22-15(12-25-18)10-11-21-19(24)23-17-5-3-2-4-16(17)20/h2-9,12H,10-11H2,1H3,(H2,21,23,24). The number of benzene rings is 2. The number of hydrogen-bond acceptors (Lipinski definition) is 3. The van der Waals surface area contributed by atoms with Crippen LogP contribution in [0.25, 0.3) is 10.6 Å². The zero-order valence-corrected chi connectivity index (χ0v) is 16.2. The predicted molar refractivity (Wildman–Crippen MR) is 107 cm³/mol. The molecule has 0 saturated carbocycles. The van der Waals surface area contributed by atoms with Crippen LogP contribution in [0.15, 0.2) is 58.4 Å². The lowest BCUT2D eigenvalue weighted by molar-refractivity contribution is 0.252. The van der Waals surface area contributed by atoms with Crippen molar-refractivity contribution in [2.45, 2.75) is 13.3 Å². The first-order valence-corrected chi connectivity index (χ1v) is 9.60. The van der Waals surface area contributed by atoms with Crippen LogP contribution in [0, 0.1) is 6.92 Å². The number of carbonyl (C=O) groups excluding carboxylic acids is 1. The Morgan fingerprint density at radius 3 is 2.68 bits per heavy atom. The fraction of sp³-hybridized carbons (Fsp3) is 0.158. The van der Waals surface area contributed by atoms with E-state index in [1.807, 2.05) is 29.6 Å². The van der Waals surface area contributed by atoms with E-state index in [1.54, 1.807) is 11.3 Å². The van der Waals surface area contributed by atoms with E-state index < -0.39 is 0 Å². The van der Waals surface area contributed by atoms with Crippen LogP contribution >= 0.6 is 27.3 Å². The van der Waals surface area contributed by atoms with Gasteiger partial charge in [0.15, 0.2) is 0 Å². The summed E-state index contributed by atoms with van der Waals surface area (Å²) in [7, 11) is 0. The first kappa shape index (κ1) is 17.6. The van der Waals surface area contributed by atoms with Gasteiger partial charge in [-0.25, -0.2) is 9.78 Å². The van der Waals surface area contributed by atoms with Crippen molar-refractivity contribution in [1.82, 2.24) is 10.3 Å². The van der Waals surface area contributed by atoms with Gasteiger partial charge in [0.05, 0.1) is 11.4 Å². The molecule has 4 nitrogen and oxygen atoms in total. The molecule has 3 aromatic rings. The number of halogens is 1. The van der Waals surface area contributed by atoms with E-state index in [9.17, 15) is 4.79 Å². The molecule has 3 rings (SSSR count). The second-order valence-corrected chi connectivity index (χ2v) is 7.33. The maximum absolute atomic E-state index is 12.0. The molecule has 0 bridgehead atoms. The first-order valence-electron chi connectivity index (χ1n) is 7.92. The van der Waals surface area contributed by atoms with Gasteiger partial charge in [0.2, 0.25) is 0 Å². The zero-order valence-electron chi connectivity index (χ0n) is 13.8. The average Bonchev–Trinajstić information content (AvgIpc) is 3.06. The fourth-order valence-electron chi connectivity index (χ4n) is 2.28. The Labute approximate surface area is 159 Å². The van der Waals surface area contributed by atoms with E-state index in [0.29, 0.717) is 13.0 Å². The maximum Gasteiger partial charge on any atom is 0.319 e. The van der Waals surface area contributed by atoms with Gasteiger partial charge in [-0.15, -0.1) is 11.3 Å². The van der Waals surface area contributed by atoms with Gasteiger partial charge in [0.25, 0.3) is 0 Å². The maximum atomic E-state index is 12.0. The number of nitrogens with one attached hydrogen (secondary N) is 2. The van der Waals surface area contributed by atoms with Crippen LogP contribution in [0.4, 0.5) is 10.5 Å². The molecule has 0 atom stereocenters. The third kappa shape index (κ3) is 4.90.